The molecule has 1 heterocycles. The fraction of sp³-hybridized carbons (Fsp3) is 0.316. The number of benzene rings is 2. The minimum Gasteiger partial charge on any atom is -0.260 e. The summed E-state index contributed by atoms with van der Waals surface area (Å²) in [4.78, 5) is 4.84. The number of amidine groups is 1. The molecule has 4 nitrogen and oxygen atoms in total. The standard InChI is InChI=1S/C19H21FN2O2S2/c1-19(2,3)14-8-10-15(11-9-14)26(23,24)22-13-12-21-18(22)25-17-7-5-4-6-16(17)20/h4-11H,12-13H2,1-3H3. The smallest absolute Gasteiger partial charge is 0.260 e. The van der Waals surface area contributed by atoms with Crippen LogP contribution in [0.4, 0.5) is 4.39 Å². The fourth-order valence-corrected chi connectivity index (χ4v) is 5.18. The Morgan fingerprint density at radius 3 is 2.35 bits per heavy atom. The maximum atomic E-state index is 13.9. The SMILES string of the molecule is CC(C)(C)c1ccc(S(=O)(=O)N2CCN=C2Sc2ccccc2F)cc1. The van der Waals surface area contributed by atoms with Crippen molar-refractivity contribution in [1.29, 1.82) is 0 Å². The van der Waals surface area contributed by atoms with Gasteiger partial charge in [-0.2, -0.15) is 0 Å². The van der Waals surface area contributed by atoms with Crippen molar-refractivity contribution in [2.45, 2.75) is 36.0 Å². The number of hydrogen-bond donors (Lipinski definition) is 0. The van der Waals surface area contributed by atoms with Crippen molar-refractivity contribution in [2.24, 2.45) is 4.99 Å². The molecule has 2 aromatic rings. The molecule has 0 radical (unpaired) electrons. The topological polar surface area (TPSA) is 49.7 Å². The highest BCUT2D eigenvalue weighted by Gasteiger charge is 2.32. The first-order chi connectivity index (χ1) is 12.2. The second-order valence-corrected chi connectivity index (χ2v) is 9.92. The largest absolute Gasteiger partial charge is 0.265 e. The Balaban J connectivity index is 1.87. The molecule has 0 saturated heterocycles. The molecule has 2 aromatic carbocycles. The summed E-state index contributed by atoms with van der Waals surface area (Å²) in [7, 11) is -3.72. The molecular formula is C19H21FN2O2S2. The van der Waals surface area contributed by atoms with Gasteiger partial charge in [0.05, 0.1) is 22.9 Å². The number of aliphatic imine (C=N–C) groups is 1. The van der Waals surface area contributed by atoms with Crippen molar-refractivity contribution in [3.8, 4) is 0 Å². The van der Waals surface area contributed by atoms with Crippen LogP contribution in [0.2, 0.25) is 0 Å². The molecule has 0 saturated carbocycles. The molecule has 1 aliphatic rings. The summed E-state index contributed by atoms with van der Waals surface area (Å²) in [6, 6.07) is 13.2. The van der Waals surface area contributed by atoms with Crippen LogP contribution in [0, 0.1) is 5.82 Å². The summed E-state index contributed by atoms with van der Waals surface area (Å²) < 4.78 is 41.2. The van der Waals surface area contributed by atoms with E-state index in [0.29, 0.717) is 16.6 Å². The molecule has 0 N–H and O–H groups in total. The third-order valence-corrected chi connectivity index (χ3v) is 7.11. The van der Waals surface area contributed by atoms with Gasteiger partial charge in [0, 0.05) is 0 Å². The van der Waals surface area contributed by atoms with E-state index in [1.54, 1.807) is 30.3 Å². The summed E-state index contributed by atoms with van der Waals surface area (Å²) in [6.45, 7) is 6.86. The van der Waals surface area contributed by atoms with Gasteiger partial charge in [0.15, 0.2) is 5.17 Å². The normalized spacial score (nSPS) is 15.2. The molecule has 7 heteroatoms. The number of halogens is 1. The lowest BCUT2D eigenvalue weighted by molar-refractivity contribution is 0.539. The van der Waals surface area contributed by atoms with Gasteiger partial charge in [0.25, 0.3) is 10.0 Å². The van der Waals surface area contributed by atoms with Crippen LogP contribution in [-0.2, 0) is 15.4 Å². The van der Waals surface area contributed by atoms with E-state index >= 15 is 0 Å². The zero-order valence-electron chi connectivity index (χ0n) is 14.9. The predicted octanol–water partition coefficient (Wildman–Crippen LogP) is 4.28. The molecule has 3 rings (SSSR count). The second kappa shape index (κ2) is 7.04. The van der Waals surface area contributed by atoms with Crippen LogP contribution in [0.15, 0.2) is 63.3 Å². The van der Waals surface area contributed by atoms with Crippen LogP contribution in [-0.4, -0.2) is 31.0 Å². The van der Waals surface area contributed by atoms with Crippen LogP contribution in [0.25, 0.3) is 0 Å². The summed E-state index contributed by atoms with van der Waals surface area (Å²) in [5, 5.41) is 0.301. The van der Waals surface area contributed by atoms with Gasteiger partial charge in [0.2, 0.25) is 0 Å². The molecule has 0 bridgehead atoms. The Morgan fingerprint density at radius 2 is 1.73 bits per heavy atom. The van der Waals surface area contributed by atoms with Crippen molar-refractivity contribution in [1.82, 2.24) is 4.31 Å². The minimum absolute atomic E-state index is 0.0523. The number of nitrogens with zero attached hydrogens (tertiary/aromatic N) is 2. The van der Waals surface area contributed by atoms with Crippen molar-refractivity contribution in [2.75, 3.05) is 13.1 Å². The molecule has 1 aliphatic heterocycles. The summed E-state index contributed by atoms with van der Waals surface area (Å²) in [6.07, 6.45) is 0. The van der Waals surface area contributed by atoms with Gasteiger partial charge in [0.1, 0.15) is 5.82 Å². The highest BCUT2D eigenvalue weighted by molar-refractivity contribution is 8.14. The number of rotatable bonds is 3. The van der Waals surface area contributed by atoms with Gasteiger partial charge in [-0.3, -0.25) is 4.99 Å². The molecule has 0 atom stereocenters. The van der Waals surface area contributed by atoms with Crippen LogP contribution < -0.4 is 0 Å². The van der Waals surface area contributed by atoms with Crippen LogP contribution in [0.3, 0.4) is 0 Å². The average molecular weight is 393 g/mol. The van der Waals surface area contributed by atoms with E-state index in [4.69, 9.17) is 0 Å². The molecule has 0 aliphatic carbocycles. The zero-order chi connectivity index (χ0) is 18.9. The Labute approximate surface area is 158 Å². The van der Waals surface area contributed by atoms with E-state index in [-0.39, 0.29) is 22.7 Å². The average Bonchev–Trinajstić information content (AvgIpc) is 3.05. The van der Waals surface area contributed by atoms with Crippen molar-refractivity contribution < 1.29 is 12.8 Å². The molecule has 0 unspecified atom stereocenters. The van der Waals surface area contributed by atoms with Crippen LogP contribution >= 0.6 is 11.8 Å². The quantitative estimate of drug-likeness (QED) is 0.784. The van der Waals surface area contributed by atoms with Crippen molar-refractivity contribution in [3.05, 3.63) is 59.9 Å². The van der Waals surface area contributed by atoms with E-state index in [2.05, 4.69) is 25.8 Å². The van der Waals surface area contributed by atoms with E-state index in [9.17, 15) is 12.8 Å². The predicted molar refractivity (Wildman–Crippen MR) is 104 cm³/mol. The second-order valence-electron chi connectivity index (χ2n) is 7.05. The monoisotopic (exact) mass is 392 g/mol. The van der Waals surface area contributed by atoms with Crippen LogP contribution in [0.5, 0.6) is 0 Å². The maximum Gasteiger partial charge on any atom is 0.265 e. The van der Waals surface area contributed by atoms with Crippen LogP contribution in [0.1, 0.15) is 26.3 Å². The molecule has 0 aromatic heterocycles. The maximum absolute atomic E-state index is 13.9. The van der Waals surface area contributed by atoms with Gasteiger partial charge in [-0.25, -0.2) is 17.1 Å². The Bertz CT molecular complexity index is 933. The summed E-state index contributed by atoms with van der Waals surface area (Å²) in [5.74, 6) is -0.390. The Kier molecular flexibility index (Phi) is 5.12. The van der Waals surface area contributed by atoms with E-state index < -0.39 is 10.0 Å². The summed E-state index contributed by atoms with van der Waals surface area (Å²) in [5.41, 5.74) is 1.01. The Hall–Kier alpha value is -1.86. The van der Waals surface area contributed by atoms with Gasteiger partial charge in [-0.1, -0.05) is 45.0 Å². The lowest BCUT2D eigenvalue weighted by Crippen LogP contribution is -2.33. The molecular weight excluding hydrogens is 371 g/mol. The third kappa shape index (κ3) is 3.78. The number of thioether (sulfide) groups is 1. The molecule has 0 fully saturated rings. The highest BCUT2D eigenvalue weighted by Crippen LogP contribution is 2.31. The molecule has 0 spiro atoms. The lowest BCUT2D eigenvalue weighted by Gasteiger charge is -2.22. The fourth-order valence-electron chi connectivity index (χ4n) is 2.60. The van der Waals surface area contributed by atoms with Crippen molar-refractivity contribution >= 4 is 27.0 Å². The first-order valence-corrected chi connectivity index (χ1v) is 10.6. The Morgan fingerprint density at radius 1 is 1.08 bits per heavy atom. The summed E-state index contributed by atoms with van der Waals surface area (Å²) >= 11 is 1.04. The van der Waals surface area contributed by atoms with Gasteiger partial charge in [-0.15, -0.1) is 0 Å². The molecule has 26 heavy (non-hydrogen) atoms. The van der Waals surface area contributed by atoms with Gasteiger partial charge < -0.3 is 0 Å². The van der Waals surface area contributed by atoms with Crippen molar-refractivity contribution in [3.63, 3.8) is 0 Å². The highest BCUT2D eigenvalue weighted by atomic mass is 32.2. The zero-order valence-corrected chi connectivity index (χ0v) is 16.6. The number of hydrogen-bond acceptors (Lipinski definition) is 4. The first-order valence-electron chi connectivity index (χ1n) is 8.30. The molecule has 0 amide bonds. The van der Waals surface area contributed by atoms with E-state index in [0.717, 1.165) is 17.3 Å². The minimum atomic E-state index is -3.72. The van der Waals surface area contributed by atoms with Gasteiger partial charge >= 0.3 is 0 Å². The lowest BCUT2D eigenvalue weighted by atomic mass is 9.87. The van der Waals surface area contributed by atoms with E-state index in [1.165, 1.54) is 10.4 Å². The molecule has 138 valence electrons. The first kappa shape index (κ1) is 18.9. The van der Waals surface area contributed by atoms with E-state index in [1.807, 2.05) is 12.1 Å². The third-order valence-electron chi connectivity index (χ3n) is 4.11. The number of sulfonamides is 1. The van der Waals surface area contributed by atoms with Gasteiger partial charge in [-0.05, 0) is 47.0 Å².